The van der Waals surface area contributed by atoms with E-state index in [9.17, 15) is 19.7 Å². The topological polar surface area (TPSA) is 112 Å². The molecule has 1 aliphatic heterocycles. The largest absolute Gasteiger partial charge is 0.452 e. The molecule has 1 saturated heterocycles. The summed E-state index contributed by atoms with van der Waals surface area (Å²) in [4.78, 5) is 35.0. The summed E-state index contributed by atoms with van der Waals surface area (Å²) in [5, 5.41) is 10.5. The van der Waals surface area contributed by atoms with Crippen LogP contribution in [0.15, 0.2) is 22.6 Å². The van der Waals surface area contributed by atoms with Crippen LogP contribution < -0.4 is 0 Å². The molecule has 2 rings (SSSR count). The van der Waals surface area contributed by atoms with Crippen molar-refractivity contribution >= 4 is 23.8 Å². The second kappa shape index (κ2) is 7.73. The van der Waals surface area contributed by atoms with Crippen molar-refractivity contribution in [2.24, 2.45) is 0 Å². The van der Waals surface area contributed by atoms with E-state index in [1.54, 1.807) is 4.90 Å². The fourth-order valence-electron chi connectivity index (χ4n) is 2.33. The van der Waals surface area contributed by atoms with Crippen LogP contribution in [0.1, 0.15) is 19.6 Å². The van der Waals surface area contributed by atoms with E-state index in [4.69, 9.17) is 13.9 Å². The van der Waals surface area contributed by atoms with E-state index in [1.807, 2.05) is 13.8 Å². The maximum atomic E-state index is 12.0. The number of furan rings is 1. The molecule has 1 aromatic rings. The van der Waals surface area contributed by atoms with Gasteiger partial charge in [0.05, 0.1) is 18.3 Å². The standard InChI is InChI=1S/C15H18N2O7/c1-10-7-16(8-11(2)23-10)13(18)9-22-15(19)6-4-12-3-5-14(24-12)17(20)21/h3-6,10-11H,7-9H2,1-2H3/b6-4+/t10-,11-/m1/s1. The van der Waals surface area contributed by atoms with Crippen LogP contribution in [0.5, 0.6) is 0 Å². The van der Waals surface area contributed by atoms with Gasteiger partial charge in [-0.3, -0.25) is 14.9 Å². The van der Waals surface area contributed by atoms with Crippen molar-refractivity contribution in [3.05, 3.63) is 34.1 Å². The minimum atomic E-state index is -0.739. The molecule has 1 aromatic heterocycles. The second-order valence-electron chi connectivity index (χ2n) is 5.43. The predicted molar refractivity (Wildman–Crippen MR) is 81.9 cm³/mol. The Balaban J connectivity index is 1.80. The highest BCUT2D eigenvalue weighted by molar-refractivity contribution is 5.89. The van der Waals surface area contributed by atoms with Crippen LogP contribution in [0.3, 0.4) is 0 Å². The Morgan fingerprint density at radius 2 is 2.04 bits per heavy atom. The number of esters is 1. The van der Waals surface area contributed by atoms with Crippen LogP contribution >= 0.6 is 0 Å². The number of morpholine rings is 1. The molecular weight excluding hydrogens is 320 g/mol. The Morgan fingerprint density at radius 1 is 1.38 bits per heavy atom. The predicted octanol–water partition coefficient (Wildman–Crippen LogP) is 1.38. The van der Waals surface area contributed by atoms with E-state index in [1.165, 1.54) is 18.2 Å². The highest BCUT2D eigenvalue weighted by Crippen LogP contribution is 2.16. The molecule has 2 heterocycles. The normalized spacial score (nSPS) is 21.0. The average molecular weight is 338 g/mol. The SMILES string of the molecule is C[C@@H]1CN(C(=O)COC(=O)/C=C/c2ccc([N+](=O)[O-])o2)C[C@@H](C)O1. The minimum Gasteiger partial charge on any atom is -0.452 e. The van der Waals surface area contributed by atoms with Gasteiger partial charge in [-0.05, 0) is 26.0 Å². The van der Waals surface area contributed by atoms with Crippen molar-refractivity contribution in [2.45, 2.75) is 26.1 Å². The van der Waals surface area contributed by atoms with Gasteiger partial charge in [-0.15, -0.1) is 0 Å². The van der Waals surface area contributed by atoms with Crippen molar-refractivity contribution in [3.8, 4) is 0 Å². The summed E-state index contributed by atoms with van der Waals surface area (Å²) >= 11 is 0. The van der Waals surface area contributed by atoms with Crippen molar-refractivity contribution < 1.29 is 28.4 Å². The molecule has 0 aromatic carbocycles. The molecule has 0 radical (unpaired) electrons. The molecule has 0 bridgehead atoms. The minimum absolute atomic E-state index is 0.0666. The molecule has 0 saturated carbocycles. The van der Waals surface area contributed by atoms with Gasteiger partial charge in [-0.2, -0.15) is 0 Å². The molecule has 1 aliphatic rings. The van der Waals surface area contributed by atoms with Gasteiger partial charge >= 0.3 is 11.9 Å². The molecule has 0 aliphatic carbocycles. The summed E-state index contributed by atoms with van der Waals surface area (Å²) in [6.45, 7) is 4.26. The third-order valence-electron chi connectivity index (χ3n) is 3.29. The molecule has 1 fully saturated rings. The van der Waals surface area contributed by atoms with Crippen LogP contribution in [-0.2, 0) is 19.1 Å². The van der Waals surface area contributed by atoms with E-state index < -0.39 is 16.8 Å². The number of carbonyl (C=O) groups excluding carboxylic acids is 2. The lowest BCUT2D eigenvalue weighted by Crippen LogP contribution is -2.49. The lowest BCUT2D eigenvalue weighted by molar-refractivity contribution is -0.402. The summed E-state index contributed by atoms with van der Waals surface area (Å²) < 4.78 is 15.3. The molecular formula is C15H18N2O7. The zero-order valence-electron chi connectivity index (χ0n) is 13.3. The number of hydrogen-bond donors (Lipinski definition) is 0. The number of rotatable bonds is 5. The number of ether oxygens (including phenoxy) is 2. The third-order valence-corrected chi connectivity index (χ3v) is 3.29. The Labute approximate surface area is 138 Å². The first kappa shape index (κ1) is 17.7. The van der Waals surface area contributed by atoms with Gasteiger partial charge in [-0.1, -0.05) is 0 Å². The van der Waals surface area contributed by atoms with Crippen molar-refractivity contribution in [1.29, 1.82) is 0 Å². The molecule has 0 N–H and O–H groups in total. The van der Waals surface area contributed by atoms with Crippen LogP contribution in [0.2, 0.25) is 0 Å². The first-order chi connectivity index (χ1) is 11.3. The Kier molecular flexibility index (Phi) is 5.69. The van der Waals surface area contributed by atoms with Gasteiger partial charge in [0.2, 0.25) is 0 Å². The monoisotopic (exact) mass is 338 g/mol. The Hall–Kier alpha value is -2.68. The smallest absolute Gasteiger partial charge is 0.433 e. The van der Waals surface area contributed by atoms with Gasteiger partial charge < -0.3 is 18.8 Å². The summed E-state index contributed by atoms with van der Waals surface area (Å²) in [6.07, 6.45) is 2.14. The van der Waals surface area contributed by atoms with Crippen molar-refractivity contribution in [2.75, 3.05) is 19.7 Å². The third kappa shape index (κ3) is 4.92. The Morgan fingerprint density at radius 3 is 2.62 bits per heavy atom. The zero-order chi connectivity index (χ0) is 17.7. The number of hydrogen-bond acceptors (Lipinski definition) is 7. The molecule has 1 amide bonds. The zero-order valence-corrected chi connectivity index (χ0v) is 13.3. The average Bonchev–Trinajstić information content (AvgIpc) is 2.98. The van der Waals surface area contributed by atoms with Crippen LogP contribution in [0.25, 0.3) is 6.08 Å². The maximum absolute atomic E-state index is 12.0. The molecule has 2 atom stereocenters. The maximum Gasteiger partial charge on any atom is 0.433 e. The molecule has 9 heteroatoms. The Bertz CT molecular complexity index is 642. The molecule has 130 valence electrons. The second-order valence-corrected chi connectivity index (χ2v) is 5.43. The van der Waals surface area contributed by atoms with E-state index >= 15 is 0 Å². The van der Waals surface area contributed by atoms with Gasteiger partial charge in [0.25, 0.3) is 5.91 Å². The van der Waals surface area contributed by atoms with Crippen molar-refractivity contribution in [3.63, 3.8) is 0 Å². The molecule has 0 unspecified atom stereocenters. The van der Waals surface area contributed by atoms with Gasteiger partial charge in [0, 0.05) is 19.2 Å². The first-order valence-corrected chi connectivity index (χ1v) is 7.37. The fraction of sp³-hybridized carbons (Fsp3) is 0.467. The molecule has 9 nitrogen and oxygen atoms in total. The van der Waals surface area contributed by atoms with Gasteiger partial charge in [0.1, 0.15) is 10.7 Å². The molecule has 0 spiro atoms. The van der Waals surface area contributed by atoms with Crippen LogP contribution in [0, 0.1) is 10.1 Å². The quantitative estimate of drug-likeness (QED) is 0.345. The lowest BCUT2D eigenvalue weighted by Gasteiger charge is -2.35. The first-order valence-electron chi connectivity index (χ1n) is 7.37. The van der Waals surface area contributed by atoms with Gasteiger partial charge in [-0.25, -0.2) is 4.79 Å². The summed E-state index contributed by atoms with van der Waals surface area (Å²) in [6, 6.07) is 2.53. The van der Waals surface area contributed by atoms with Crippen molar-refractivity contribution in [1.82, 2.24) is 4.90 Å². The number of nitro groups is 1. The summed E-state index contributed by atoms with van der Waals surface area (Å²) in [7, 11) is 0. The van der Waals surface area contributed by atoms with Crippen LogP contribution in [0.4, 0.5) is 5.88 Å². The van der Waals surface area contributed by atoms with E-state index in [0.29, 0.717) is 13.1 Å². The number of carbonyl (C=O) groups is 2. The summed E-state index contributed by atoms with van der Waals surface area (Å²) in [5.41, 5.74) is 0. The van der Waals surface area contributed by atoms with Crippen LogP contribution in [-0.4, -0.2) is 53.6 Å². The number of nitrogens with zero attached hydrogens (tertiary/aromatic N) is 2. The highest BCUT2D eigenvalue weighted by atomic mass is 16.6. The number of amides is 1. The van der Waals surface area contributed by atoms with E-state index in [0.717, 1.165) is 6.08 Å². The van der Waals surface area contributed by atoms with E-state index in [2.05, 4.69) is 0 Å². The lowest BCUT2D eigenvalue weighted by atomic mass is 10.2. The highest BCUT2D eigenvalue weighted by Gasteiger charge is 2.26. The fourth-order valence-corrected chi connectivity index (χ4v) is 2.33. The van der Waals surface area contributed by atoms with Gasteiger partial charge in [0.15, 0.2) is 6.61 Å². The molecule has 24 heavy (non-hydrogen) atoms. The summed E-state index contributed by atoms with van der Waals surface area (Å²) in [5.74, 6) is -1.32. The van der Waals surface area contributed by atoms with E-state index in [-0.39, 0.29) is 30.5 Å².